The molecular weight excluding hydrogens is 592 g/mol. The van der Waals surface area contributed by atoms with E-state index in [0.717, 1.165) is 73.1 Å². The van der Waals surface area contributed by atoms with Crippen LogP contribution in [-0.4, -0.2) is 26.2 Å². The van der Waals surface area contributed by atoms with E-state index in [1.165, 1.54) is 77.0 Å². The van der Waals surface area contributed by atoms with Crippen molar-refractivity contribution in [3.8, 4) is 12.1 Å². The van der Waals surface area contributed by atoms with Crippen LogP contribution in [0.2, 0.25) is 0 Å². The minimum atomic E-state index is 0.0324. The molecule has 2 atom stereocenters. The van der Waals surface area contributed by atoms with Crippen LogP contribution >= 0.6 is 0 Å². The summed E-state index contributed by atoms with van der Waals surface area (Å²) in [5.74, 6) is 3.07. The molecule has 4 rings (SSSR count). The van der Waals surface area contributed by atoms with Gasteiger partial charge in [-0.25, -0.2) is 0 Å². The number of carbonyl (C=O) groups excluding carboxylic acids is 1. The van der Waals surface area contributed by atoms with Gasteiger partial charge in [-0.15, -0.1) is 0 Å². The highest BCUT2D eigenvalue weighted by molar-refractivity contribution is 5.78. The number of aromatic nitrogens is 4. The van der Waals surface area contributed by atoms with Gasteiger partial charge >= 0.3 is 0 Å². The van der Waals surface area contributed by atoms with Crippen molar-refractivity contribution >= 4 is 5.78 Å². The SMILES string of the molecule is CCCC1CCC(C(C#N)Cc2ccc(CCCCC(=O)CCCCc3ccc(CC(C#N)C4CCC(CCC)CC4)nn3)nn2)CC1. The van der Waals surface area contributed by atoms with Gasteiger partial charge in [-0.05, 0) is 112 Å². The van der Waals surface area contributed by atoms with Crippen molar-refractivity contribution in [2.75, 3.05) is 0 Å². The van der Waals surface area contributed by atoms with Crippen LogP contribution in [0.4, 0.5) is 0 Å². The van der Waals surface area contributed by atoms with E-state index in [0.29, 0.717) is 43.3 Å². The highest BCUT2D eigenvalue weighted by Gasteiger charge is 2.29. The van der Waals surface area contributed by atoms with Crippen LogP contribution < -0.4 is 0 Å². The van der Waals surface area contributed by atoms with Crippen LogP contribution in [0, 0.1) is 58.2 Å². The van der Waals surface area contributed by atoms with Crippen molar-refractivity contribution in [2.24, 2.45) is 35.5 Å². The first-order valence-electron chi connectivity index (χ1n) is 19.4. The van der Waals surface area contributed by atoms with Gasteiger partial charge in [-0.2, -0.15) is 30.9 Å². The van der Waals surface area contributed by atoms with Gasteiger partial charge in [0.25, 0.3) is 0 Å². The lowest BCUT2D eigenvalue weighted by Gasteiger charge is -2.30. The lowest BCUT2D eigenvalue weighted by molar-refractivity contribution is -0.119. The van der Waals surface area contributed by atoms with Crippen LogP contribution in [-0.2, 0) is 30.5 Å². The molecule has 2 aromatic rings. The average molecular weight is 653 g/mol. The highest BCUT2D eigenvalue weighted by atomic mass is 16.1. The molecule has 0 saturated heterocycles. The van der Waals surface area contributed by atoms with E-state index in [1.807, 2.05) is 24.3 Å². The van der Waals surface area contributed by atoms with E-state index < -0.39 is 0 Å². The van der Waals surface area contributed by atoms with Crippen LogP contribution in [0.25, 0.3) is 0 Å². The molecule has 48 heavy (non-hydrogen) atoms. The Kier molecular flexibility index (Phi) is 16.5. The van der Waals surface area contributed by atoms with Crippen molar-refractivity contribution in [1.29, 1.82) is 10.5 Å². The molecular formula is C41H60N6O. The lowest BCUT2D eigenvalue weighted by Crippen LogP contribution is -2.23. The average Bonchev–Trinajstić information content (AvgIpc) is 3.12. The van der Waals surface area contributed by atoms with Crippen molar-refractivity contribution in [3.05, 3.63) is 47.0 Å². The number of aryl methyl sites for hydroxylation is 2. The largest absolute Gasteiger partial charge is 0.300 e. The van der Waals surface area contributed by atoms with Gasteiger partial charge < -0.3 is 0 Å². The van der Waals surface area contributed by atoms with Gasteiger partial charge in [0.05, 0.1) is 46.7 Å². The van der Waals surface area contributed by atoms with E-state index in [2.05, 4.69) is 46.4 Å². The Morgan fingerprint density at radius 1 is 0.625 bits per heavy atom. The van der Waals surface area contributed by atoms with Gasteiger partial charge in [0.2, 0.25) is 0 Å². The van der Waals surface area contributed by atoms with Gasteiger partial charge in [0, 0.05) is 25.7 Å². The second-order valence-corrected chi connectivity index (χ2v) is 15.0. The fourth-order valence-electron chi connectivity index (χ4n) is 8.30. The molecule has 0 amide bonds. The molecule has 2 aromatic heterocycles. The van der Waals surface area contributed by atoms with Crippen LogP contribution in [0.3, 0.4) is 0 Å². The number of Topliss-reactive ketones (excluding diaryl/α,β-unsaturated/α-hetero) is 1. The third kappa shape index (κ3) is 12.7. The summed E-state index contributed by atoms with van der Waals surface area (Å²) in [7, 11) is 0. The number of nitrogens with zero attached hydrogens (tertiary/aromatic N) is 6. The molecule has 0 spiro atoms. The number of nitriles is 2. The summed E-state index contributed by atoms with van der Waals surface area (Å²) < 4.78 is 0. The zero-order valence-corrected chi connectivity index (χ0v) is 29.9. The molecule has 0 aromatic carbocycles. The Labute approximate surface area is 290 Å². The summed E-state index contributed by atoms with van der Waals surface area (Å²) >= 11 is 0. The third-order valence-electron chi connectivity index (χ3n) is 11.3. The number of hydrogen-bond acceptors (Lipinski definition) is 7. The van der Waals surface area contributed by atoms with Crippen molar-refractivity contribution in [2.45, 2.75) is 155 Å². The van der Waals surface area contributed by atoms with Crippen molar-refractivity contribution in [1.82, 2.24) is 20.4 Å². The van der Waals surface area contributed by atoms with Gasteiger partial charge in [-0.1, -0.05) is 65.2 Å². The van der Waals surface area contributed by atoms with E-state index in [-0.39, 0.29) is 11.8 Å². The van der Waals surface area contributed by atoms with Gasteiger partial charge in [0.15, 0.2) is 0 Å². The predicted octanol–water partition coefficient (Wildman–Crippen LogP) is 9.54. The Morgan fingerprint density at radius 3 is 1.33 bits per heavy atom. The van der Waals surface area contributed by atoms with Gasteiger partial charge in [0.1, 0.15) is 5.78 Å². The van der Waals surface area contributed by atoms with Crippen LogP contribution in [0.15, 0.2) is 24.3 Å². The van der Waals surface area contributed by atoms with Gasteiger partial charge in [-0.3, -0.25) is 4.79 Å². The molecule has 0 aliphatic heterocycles. The molecule has 0 bridgehead atoms. The Morgan fingerprint density at radius 2 is 1.00 bits per heavy atom. The number of carbonyl (C=O) groups is 1. The lowest BCUT2D eigenvalue weighted by atomic mass is 9.74. The summed E-state index contributed by atoms with van der Waals surface area (Å²) in [6, 6.07) is 13.3. The standard InChI is InChI=1S/C41H60N6O/c1-3-9-31-15-19-33(20-16-31)35(29-42)27-39-25-23-37(44-46-39)11-5-7-13-41(48)14-8-6-12-38-24-26-40(47-45-38)28-36(30-43)34-21-17-32(10-4-2)18-22-34/h23-26,31-36H,3-22,27-28H2,1-2H3. The van der Waals surface area contributed by atoms with Crippen LogP contribution in [0.1, 0.15) is 152 Å². The Hall–Kier alpha value is -3.19. The van der Waals surface area contributed by atoms with Crippen LogP contribution in [0.5, 0.6) is 0 Å². The maximum atomic E-state index is 12.5. The first kappa shape index (κ1) is 37.6. The minimum Gasteiger partial charge on any atom is -0.300 e. The normalized spacial score (nSPS) is 22.3. The summed E-state index contributed by atoms with van der Waals surface area (Å²) in [6.07, 6.45) is 22.8. The quantitative estimate of drug-likeness (QED) is 0.131. The maximum Gasteiger partial charge on any atom is 0.132 e. The molecule has 2 aliphatic rings. The molecule has 0 radical (unpaired) electrons. The minimum absolute atomic E-state index is 0.0324. The smallest absolute Gasteiger partial charge is 0.132 e. The molecule has 7 heteroatoms. The van der Waals surface area contributed by atoms with Crippen molar-refractivity contribution < 1.29 is 4.79 Å². The molecule has 260 valence electrons. The van der Waals surface area contributed by atoms with E-state index >= 15 is 0 Å². The topological polar surface area (TPSA) is 116 Å². The second kappa shape index (κ2) is 21.0. The first-order valence-corrected chi connectivity index (χ1v) is 19.4. The maximum absolute atomic E-state index is 12.5. The van der Waals surface area contributed by atoms with Crippen molar-refractivity contribution in [3.63, 3.8) is 0 Å². The molecule has 7 nitrogen and oxygen atoms in total. The monoisotopic (exact) mass is 652 g/mol. The molecule has 2 aliphatic carbocycles. The summed E-state index contributed by atoms with van der Waals surface area (Å²) in [6.45, 7) is 4.53. The predicted molar refractivity (Wildman–Crippen MR) is 191 cm³/mol. The molecule has 0 N–H and O–H groups in total. The summed E-state index contributed by atoms with van der Waals surface area (Å²) in [4.78, 5) is 12.5. The molecule has 2 saturated carbocycles. The first-order chi connectivity index (χ1) is 23.5. The summed E-state index contributed by atoms with van der Waals surface area (Å²) in [5, 5.41) is 37.4. The zero-order valence-electron chi connectivity index (χ0n) is 29.9. The Bertz CT molecular complexity index is 1180. The number of rotatable bonds is 20. The third-order valence-corrected chi connectivity index (χ3v) is 11.3. The number of unbranched alkanes of at least 4 members (excludes halogenated alkanes) is 2. The molecule has 2 fully saturated rings. The highest BCUT2D eigenvalue weighted by Crippen LogP contribution is 2.37. The number of ketones is 1. The van der Waals surface area contributed by atoms with E-state index in [4.69, 9.17) is 0 Å². The molecule has 2 unspecified atom stereocenters. The zero-order chi connectivity index (χ0) is 34.0. The Balaban J connectivity index is 1.05. The number of hydrogen-bond donors (Lipinski definition) is 0. The second-order valence-electron chi connectivity index (χ2n) is 15.0. The van der Waals surface area contributed by atoms with E-state index in [1.54, 1.807) is 0 Å². The fraction of sp³-hybridized carbons (Fsp3) is 0.732. The fourth-order valence-corrected chi connectivity index (χ4v) is 8.30. The summed E-state index contributed by atoms with van der Waals surface area (Å²) in [5.41, 5.74) is 3.76. The van der Waals surface area contributed by atoms with E-state index in [9.17, 15) is 15.3 Å². The molecule has 2 heterocycles.